The number of aromatic nitrogens is 2. The largest absolute Gasteiger partial charge is 0.454 e. The normalized spacial score (nSPS) is 14.1. The molecule has 2 amide bonds. The van der Waals surface area contributed by atoms with Gasteiger partial charge in [-0.3, -0.25) is 0 Å². The summed E-state index contributed by atoms with van der Waals surface area (Å²) in [6, 6.07) is 12.8. The highest BCUT2D eigenvalue weighted by molar-refractivity contribution is 6.00. The van der Waals surface area contributed by atoms with Crippen LogP contribution in [0.15, 0.2) is 48.7 Å². The summed E-state index contributed by atoms with van der Waals surface area (Å²) in [5, 5.41) is 5.69. The number of carbonyl (C=O) groups is 1. The van der Waals surface area contributed by atoms with Crippen molar-refractivity contribution in [3.63, 3.8) is 0 Å². The van der Waals surface area contributed by atoms with Gasteiger partial charge in [0.2, 0.25) is 6.79 Å². The molecule has 0 saturated heterocycles. The fourth-order valence-corrected chi connectivity index (χ4v) is 3.51. The zero-order valence-corrected chi connectivity index (χ0v) is 14.6. The average Bonchev–Trinajstić information content (AvgIpc) is 3.38. The van der Waals surface area contributed by atoms with Crippen LogP contribution < -0.4 is 20.1 Å². The summed E-state index contributed by atoms with van der Waals surface area (Å²) >= 11 is 0. The smallest absolute Gasteiger partial charge is 0.323 e. The molecule has 27 heavy (non-hydrogen) atoms. The van der Waals surface area contributed by atoms with Crippen molar-refractivity contribution in [3.05, 3.63) is 54.5 Å². The fraction of sp³-hybridized carbons (Fsp3) is 0.200. The SMILES string of the molecule is O=C(Nc1cccc(-c2cnc3n2CCC3)c1)Nc1ccc2c(c1)OCO2. The van der Waals surface area contributed by atoms with E-state index in [9.17, 15) is 4.79 Å². The zero-order valence-electron chi connectivity index (χ0n) is 14.6. The Hall–Kier alpha value is -3.48. The number of hydrogen-bond acceptors (Lipinski definition) is 4. The first kappa shape index (κ1) is 15.7. The molecular formula is C20H18N4O3. The maximum atomic E-state index is 12.4. The maximum Gasteiger partial charge on any atom is 0.323 e. The van der Waals surface area contributed by atoms with E-state index in [4.69, 9.17) is 9.47 Å². The molecule has 0 fully saturated rings. The quantitative estimate of drug-likeness (QED) is 0.741. The van der Waals surface area contributed by atoms with Gasteiger partial charge >= 0.3 is 6.03 Å². The van der Waals surface area contributed by atoms with Gasteiger partial charge in [0, 0.05) is 36.0 Å². The standard InChI is InChI=1S/C20H18N4O3/c25-20(23-15-6-7-17-18(10-15)27-12-26-17)22-14-4-1-3-13(9-14)16-11-21-19-5-2-8-24(16)19/h1,3-4,6-7,9-11H,2,5,8,12H2,(H2,22,23,25). The molecule has 3 heterocycles. The number of rotatable bonds is 3. The number of benzene rings is 2. The van der Waals surface area contributed by atoms with Gasteiger partial charge in [-0.2, -0.15) is 0 Å². The lowest BCUT2D eigenvalue weighted by atomic mass is 10.1. The molecule has 0 saturated carbocycles. The van der Waals surface area contributed by atoms with Crippen molar-refractivity contribution in [2.45, 2.75) is 19.4 Å². The van der Waals surface area contributed by atoms with Gasteiger partial charge in [-0.15, -0.1) is 0 Å². The Labute approximate surface area is 155 Å². The molecule has 0 spiro atoms. The fourth-order valence-electron chi connectivity index (χ4n) is 3.51. The van der Waals surface area contributed by atoms with Crippen LogP contribution in [-0.2, 0) is 13.0 Å². The third-order valence-corrected chi connectivity index (χ3v) is 4.77. The van der Waals surface area contributed by atoms with Crippen LogP contribution in [0.3, 0.4) is 0 Å². The van der Waals surface area contributed by atoms with Crippen LogP contribution >= 0.6 is 0 Å². The average molecular weight is 362 g/mol. The first-order chi connectivity index (χ1) is 13.3. The van der Waals surface area contributed by atoms with Crippen LogP contribution in [0, 0.1) is 0 Å². The Morgan fingerprint density at radius 2 is 1.89 bits per heavy atom. The van der Waals surface area contributed by atoms with Gasteiger partial charge in [0.1, 0.15) is 5.82 Å². The summed E-state index contributed by atoms with van der Waals surface area (Å²) < 4.78 is 12.8. The number of imidazole rings is 1. The first-order valence-corrected chi connectivity index (χ1v) is 8.89. The highest BCUT2D eigenvalue weighted by atomic mass is 16.7. The third kappa shape index (κ3) is 2.97. The Bertz CT molecular complexity index is 1030. The molecule has 7 nitrogen and oxygen atoms in total. The number of aryl methyl sites for hydroxylation is 1. The highest BCUT2D eigenvalue weighted by Gasteiger charge is 2.17. The van der Waals surface area contributed by atoms with Crippen LogP contribution in [0.1, 0.15) is 12.2 Å². The Balaban J connectivity index is 1.31. The predicted molar refractivity (Wildman–Crippen MR) is 101 cm³/mol. The lowest BCUT2D eigenvalue weighted by molar-refractivity contribution is 0.174. The van der Waals surface area contributed by atoms with E-state index >= 15 is 0 Å². The number of nitrogens with one attached hydrogen (secondary N) is 2. The molecule has 0 atom stereocenters. The molecule has 2 aliphatic rings. The molecule has 2 aliphatic heterocycles. The van der Waals surface area contributed by atoms with Crippen molar-refractivity contribution in [2.24, 2.45) is 0 Å². The molecule has 0 radical (unpaired) electrons. The molecule has 136 valence electrons. The zero-order chi connectivity index (χ0) is 18.2. The number of nitrogens with zero attached hydrogens (tertiary/aromatic N) is 2. The van der Waals surface area contributed by atoms with Gasteiger partial charge in [0.15, 0.2) is 11.5 Å². The van der Waals surface area contributed by atoms with E-state index < -0.39 is 0 Å². The van der Waals surface area contributed by atoms with E-state index in [1.165, 1.54) is 0 Å². The molecular weight excluding hydrogens is 344 g/mol. The molecule has 1 aromatic heterocycles. The topological polar surface area (TPSA) is 77.4 Å². The molecule has 7 heteroatoms. The van der Waals surface area contributed by atoms with Gasteiger partial charge in [0.25, 0.3) is 0 Å². The molecule has 0 bridgehead atoms. The Kier molecular flexibility index (Phi) is 3.71. The van der Waals surface area contributed by atoms with Crippen molar-refractivity contribution >= 4 is 17.4 Å². The van der Waals surface area contributed by atoms with E-state index in [1.54, 1.807) is 18.2 Å². The summed E-state index contributed by atoms with van der Waals surface area (Å²) in [6.45, 7) is 1.20. The summed E-state index contributed by atoms with van der Waals surface area (Å²) in [7, 11) is 0. The lowest BCUT2D eigenvalue weighted by Crippen LogP contribution is -2.19. The minimum atomic E-state index is -0.315. The maximum absolute atomic E-state index is 12.4. The number of amides is 2. The lowest BCUT2D eigenvalue weighted by Gasteiger charge is -2.10. The summed E-state index contributed by atoms with van der Waals surface area (Å²) in [6.07, 6.45) is 4.06. The molecule has 0 aliphatic carbocycles. The monoisotopic (exact) mass is 362 g/mol. The predicted octanol–water partition coefficient (Wildman–Crippen LogP) is 3.87. The van der Waals surface area contributed by atoms with E-state index in [2.05, 4.69) is 20.2 Å². The summed E-state index contributed by atoms with van der Waals surface area (Å²) in [5.41, 5.74) is 3.49. The number of urea groups is 1. The van der Waals surface area contributed by atoms with E-state index in [0.717, 1.165) is 42.2 Å². The van der Waals surface area contributed by atoms with Crippen LogP contribution in [-0.4, -0.2) is 22.4 Å². The van der Waals surface area contributed by atoms with Crippen LogP contribution in [0.5, 0.6) is 11.5 Å². The van der Waals surface area contributed by atoms with E-state index in [1.807, 2.05) is 30.5 Å². The number of anilines is 2. The van der Waals surface area contributed by atoms with Gasteiger partial charge in [-0.25, -0.2) is 9.78 Å². The van der Waals surface area contributed by atoms with Crippen LogP contribution in [0.4, 0.5) is 16.2 Å². The second-order valence-electron chi connectivity index (χ2n) is 6.54. The van der Waals surface area contributed by atoms with Crippen molar-refractivity contribution in [1.82, 2.24) is 9.55 Å². The number of hydrogen-bond donors (Lipinski definition) is 2. The number of ether oxygens (including phenoxy) is 2. The molecule has 2 N–H and O–H groups in total. The molecule has 2 aromatic carbocycles. The van der Waals surface area contributed by atoms with Gasteiger partial charge in [-0.05, 0) is 30.7 Å². The Morgan fingerprint density at radius 3 is 2.81 bits per heavy atom. The number of carbonyl (C=O) groups excluding carboxylic acids is 1. The van der Waals surface area contributed by atoms with E-state index in [0.29, 0.717) is 17.2 Å². The van der Waals surface area contributed by atoms with Crippen molar-refractivity contribution < 1.29 is 14.3 Å². The van der Waals surface area contributed by atoms with Gasteiger partial charge in [-0.1, -0.05) is 12.1 Å². The Morgan fingerprint density at radius 1 is 1.04 bits per heavy atom. The molecule has 3 aromatic rings. The first-order valence-electron chi connectivity index (χ1n) is 8.89. The number of fused-ring (bicyclic) bond motifs is 2. The highest BCUT2D eigenvalue weighted by Crippen LogP contribution is 2.34. The molecule has 0 unspecified atom stereocenters. The van der Waals surface area contributed by atoms with E-state index in [-0.39, 0.29) is 12.8 Å². The minimum Gasteiger partial charge on any atom is -0.454 e. The van der Waals surface area contributed by atoms with Gasteiger partial charge < -0.3 is 24.7 Å². The van der Waals surface area contributed by atoms with Crippen molar-refractivity contribution in [3.8, 4) is 22.8 Å². The van der Waals surface area contributed by atoms with Gasteiger partial charge in [0.05, 0.1) is 11.9 Å². The summed E-state index contributed by atoms with van der Waals surface area (Å²) in [4.78, 5) is 16.8. The van der Waals surface area contributed by atoms with Crippen molar-refractivity contribution in [1.29, 1.82) is 0 Å². The molecule has 5 rings (SSSR count). The second kappa shape index (κ2) is 6.35. The summed E-state index contributed by atoms with van der Waals surface area (Å²) in [5.74, 6) is 2.44. The van der Waals surface area contributed by atoms with Crippen LogP contribution in [0.2, 0.25) is 0 Å². The second-order valence-corrected chi connectivity index (χ2v) is 6.54. The minimum absolute atomic E-state index is 0.204. The van der Waals surface area contributed by atoms with Crippen LogP contribution in [0.25, 0.3) is 11.3 Å². The van der Waals surface area contributed by atoms with Crippen molar-refractivity contribution in [2.75, 3.05) is 17.4 Å². The third-order valence-electron chi connectivity index (χ3n) is 4.77.